The summed E-state index contributed by atoms with van der Waals surface area (Å²) in [7, 11) is 1.51. The number of fused-ring (bicyclic) bond motifs is 1. The van der Waals surface area contributed by atoms with Crippen LogP contribution in [-0.4, -0.2) is 59.2 Å². The van der Waals surface area contributed by atoms with Gasteiger partial charge in [-0.15, -0.1) is 11.8 Å². The molecule has 0 spiro atoms. The Bertz CT molecular complexity index is 1240. The fourth-order valence-electron chi connectivity index (χ4n) is 4.88. The molecule has 2 aromatic carbocycles. The van der Waals surface area contributed by atoms with Gasteiger partial charge in [-0.2, -0.15) is 0 Å². The highest BCUT2D eigenvalue weighted by atomic mass is 32.2. The van der Waals surface area contributed by atoms with Crippen molar-refractivity contribution in [3.8, 4) is 5.75 Å². The number of pyridine rings is 1. The van der Waals surface area contributed by atoms with Crippen LogP contribution in [0.1, 0.15) is 37.4 Å². The molecule has 3 aromatic rings. The minimum Gasteiger partial charge on any atom is -0.497 e. The van der Waals surface area contributed by atoms with Gasteiger partial charge in [-0.25, -0.2) is 17.6 Å². The second-order valence-corrected chi connectivity index (χ2v) is 10.6. The van der Waals surface area contributed by atoms with Crippen molar-refractivity contribution in [3.05, 3.63) is 65.4 Å². The number of benzene rings is 2. The van der Waals surface area contributed by atoms with E-state index < -0.39 is 34.8 Å². The molecule has 1 atom stereocenters. The van der Waals surface area contributed by atoms with Crippen molar-refractivity contribution in [2.24, 2.45) is 5.41 Å². The molecular weight excluding hydrogens is 508 g/mol. The lowest BCUT2D eigenvalue weighted by Gasteiger charge is -2.41. The molecule has 2 N–H and O–H groups in total. The minimum atomic E-state index is -1.20. The second-order valence-electron chi connectivity index (χ2n) is 9.51. The van der Waals surface area contributed by atoms with Gasteiger partial charge in [0.05, 0.1) is 24.9 Å². The molecule has 1 fully saturated rings. The number of rotatable bonds is 10. The van der Waals surface area contributed by atoms with Crippen molar-refractivity contribution in [3.63, 3.8) is 0 Å². The predicted molar refractivity (Wildman–Crippen MR) is 135 cm³/mol. The standard InChI is InChI=1S/C27H30F4N2O3S/c1-36-18-2-3-22-19(14-18)25(21(30)15-32-22)23(35)4-5-27(16-34)6-8-33(9-7-27)10-11-37-24-13-17(28)12-20(29)26(24)31/h2-3,12-15,23,34-35H,4-11,16H2,1H3. The van der Waals surface area contributed by atoms with Crippen LogP contribution < -0.4 is 4.74 Å². The summed E-state index contributed by atoms with van der Waals surface area (Å²) >= 11 is 1.06. The number of methoxy groups -OCH3 is 1. The molecule has 10 heteroatoms. The van der Waals surface area contributed by atoms with E-state index in [1.807, 2.05) is 0 Å². The Morgan fingerprint density at radius 3 is 2.57 bits per heavy atom. The van der Waals surface area contributed by atoms with Crippen LogP contribution in [0, 0.1) is 28.7 Å². The van der Waals surface area contributed by atoms with Gasteiger partial charge in [-0.05, 0) is 68.5 Å². The Labute approximate surface area is 217 Å². The monoisotopic (exact) mass is 538 g/mol. The average molecular weight is 539 g/mol. The Morgan fingerprint density at radius 2 is 1.86 bits per heavy atom. The van der Waals surface area contributed by atoms with Gasteiger partial charge in [-0.1, -0.05) is 0 Å². The van der Waals surface area contributed by atoms with E-state index in [4.69, 9.17) is 4.74 Å². The van der Waals surface area contributed by atoms with E-state index >= 15 is 0 Å². The van der Waals surface area contributed by atoms with Crippen molar-refractivity contribution < 1.29 is 32.5 Å². The summed E-state index contributed by atoms with van der Waals surface area (Å²) < 4.78 is 60.6. The van der Waals surface area contributed by atoms with Gasteiger partial charge in [0.25, 0.3) is 0 Å². The molecule has 1 unspecified atom stereocenters. The highest BCUT2D eigenvalue weighted by Gasteiger charge is 2.35. The van der Waals surface area contributed by atoms with Gasteiger partial charge in [0.2, 0.25) is 0 Å². The maximum Gasteiger partial charge on any atom is 0.172 e. The average Bonchev–Trinajstić information content (AvgIpc) is 2.90. The van der Waals surface area contributed by atoms with Crippen LogP contribution in [0.3, 0.4) is 0 Å². The summed E-state index contributed by atoms with van der Waals surface area (Å²) in [5.41, 5.74) is 0.326. The van der Waals surface area contributed by atoms with Gasteiger partial charge >= 0.3 is 0 Å². The SMILES string of the molecule is COc1ccc2ncc(F)c(C(O)CCC3(CO)CCN(CCSc4cc(F)cc(F)c4F)CC3)c2c1. The Kier molecular flexibility index (Phi) is 8.94. The maximum absolute atomic E-state index is 14.7. The van der Waals surface area contributed by atoms with Crippen molar-refractivity contribution in [2.45, 2.75) is 36.7 Å². The van der Waals surface area contributed by atoms with Crippen molar-refractivity contribution in [1.82, 2.24) is 9.88 Å². The van der Waals surface area contributed by atoms with Gasteiger partial charge in [0, 0.05) is 40.8 Å². The van der Waals surface area contributed by atoms with Gasteiger partial charge in [0.15, 0.2) is 11.6 Å². The summed E-state index contributed by atoms with van der Waals surface area (Å²) in [6, 6.07) is 6.62. The fourth-order valence-corrected chi connectivity index (χ4v) is 5.87. The number of hydrogen-bond acceptors (Lipinski definition) is 6. The molecule has 0 saturated carbocycles. The predicted octanol–water partition coefficient (Wildman–Crippen LogP) is 5.48. The van der Waals surface area contributed by atoms with E-state index in [2.05, 4.69) is 9.88 Å². The molecule has 0 bridgehead atoms. The zero-order valence-corrected chi connectivity index (χ0v) is 21.3. The maximum atomic E-state index is 14.7. The quantitative estimate of drug-likeness (QED) is 0.203. The second kappa shape index (κ2) is 12.0. The molecular formula is C27H30F4N2O3S. The third-order valence-corrected chi connectivity index (χ3v) is 8.22. The van der Waals surface area contributed by atoms with Crippen LogP contribution in [0.4, 0.5) is 17.6 Å². The lowest BCUT2D eigenvalue weighted by Crippen LogP contribution is -2.43. The number of halogens is 4. The number of aliphatic hydroxyl groups excluding tert-OH is 2. The Morgan fingerprint density at radius 1 is 1.11 bits per heavy atom. The molecule has 1 aliphatic rings. The summed E-state index contributed by atoms with van der Waals surface area (Å²) in [6.07, 6.45) is 2.17. The first kappa shape index (κ1) is 27.6. The Balaban J connectivity index is 1.33. The lowest BCUT2D eigenvalue weighted by molar-refractivity contribution is 0.0251. The minimum absolute atomic E-state index is 0.0521. The molecule has 1 aromatic heterocycles. The number of hydrogen-bond donors (Lipinski definition) is 2. The van der Waals surface area contributed by atoms with Crippen LogP contribution >= 0.6 is 11.8 Å². The van der Waals surface area contributed by atoms with Crippen LogP contribution in [-0.2, 0) is 0 Å². The summed E-state index contributed by atoms with van der Waals surface area (Å²) in [5.74, 6) is -2.64. The summed E-state index contributed by atoms with van der Waals surface area (Å²) in [5, 5.41) is 21.6. The van der Waals surface area contributed by atoms with E-state index in [0.717, 1.165) is 24.0 Å². The first-order chi connectivity index (χ1) is 17.7. The van der Waals surface area contributed by atoms with E-state index in [-0.39, 0.29) is 23.5 Å². The van der Waals surface area contributed by atoms with Gasteiger partial charge < -0.3 is 19.8 Å². The molecule has 5 nitrogen and oxygen atoms in total. The number of nitrogens with zero attached hydrogens (tertiary/aromatic N) is 2. The molecule has 4 rings (SSSR count). The van der Waals surface area contributed by atoms with Gasteiger partial charge in [-0.3, -0.25) is 4.98 Å². The molecule has 1 aliphatic heterocycles. The highest BCUT2D eigenvalue weighted by Crippen LogP contribution is 2.39. The fraction of sp³-hybridized carbons (Fsp3) is 0.444. The van der Waals surface area contributed by atoms with E-state index in [0.29, 0.717) is 67.4 Å². The van der Waals surface area contributed by atoms with Crippen molar-refractivity contribution in [1.29, 1.82) is 0 Å². The Hall–Kier alpha value is -2.40. The largest absolute Gasteiger partial charge is 0.497 e. The number of aliphatic hydroxyl groups is 2. The smallest absolute Gasteiger partial charge is 0.172 e. The van der Waals surface area contributed by atoms with E-state index in [9.17, 15) is 27.8 Å². The third kappa shape index (κ3) is 6.37. The van der Waals surface area contributed by atoms with Crippen LogP contribution in [0.15, 0.2) is 41.4 Å². The zero-order chi connectivity index (χ0) is 26.6. The number of piperidine rings is 1. The van der Waals surface area contributed by atoms with E-state index in [1.54, 1.807) is 18.2 Å². The van der Waals surface area contributed by atoms with Crippen LogP contribution in [0.5, 0.6) is 5.75 Å². The lowest BCUT2D eigenvalue weighted by atomic mass is 9.74. The van der Waals surface area contributed by atoms with E-state index in [1.165, 1.54) is 7.11 Å². The van der Waals surface area contributed by atoms with Crippen molar-refractivity contribution in [2.75, 3.05) is 39.1 Å². The number of likely N-dealkylation sites (tertiary alicyclic amines) is 1. The van der Waals surface area contributed by atoms with Crippen LogP contribution in [0.2, 0.25) is 0 Å². The molecule has 37 heavy (non-hydrogen) atoms. The molecule has 0 radical (unpaired) electrons. The third-order valence-electron chi connectivity index (χ3n) is 7.23. The first-order valence-corrected chi connectivity index (χ1v) is 13.1. The molecule has 1 saturated heterocycles. The molecule has 0 aliphatic carbocycles. The van der Waals surface area contributed by atoms with Crippen molar-refractivity contribution >= 4 is 22.7 Å². The number of ether oxygens (including phenoxy) is 1. The normalized spacial score (nSPS) is 16.7. The molecule has 2 heterocycles. The van der Waals surface area contributed by atoms with Crippen LogP contribution in [0.25, 0.3) is 10.9 Å². The molecule has 0 amide bonds. The summed E-state index contributed by atoms with van der Waals surface area (Å²) in [6.45, 7) is 1.91. The topological polar surface area (TPSA) is 65.8 Å². The molecule has 200 valence electrons. The highest BCUT2D eigenvalue weighted by molar-refractivity contribution is 7.99. The summed E-state index contributed by atoms with van der Waals surface area (Å²) in [4.78, 5) is 6.20. The number of thioether (sulfide) groups is 1. The number of aromatic nitrogens is 1. The zero-order valence-electron chi connectivity index (χ0n) is 20.5. The van der Waals surface area contributed by atoms with Gasteiger partial charge in [0.1, 0.15) is 17.4 Å². The first-order valence-electron chi connectivity index (χ1n) is 12.2.